The average Bonchev–Trinajstić information content (AvgIpc) is 3.03. The van der Waals surface area contributed by atoms with E-state index in [2.05, 4.69) is 57.3 Å². The third-order valence-electron chi connectivity index (χ3n) is 5.62. The lowest BCUT2D eigenvalue weighted by Gasteiger charge is -2.41. The molecule has 0 bridgehead atoms. The number of benzene rings is 1. The Balaban J connectivity index is 0.00000243. The van der Waals surface area contributed by atoms with Crippen LogP contribution in [0.1, 0.15) is 38.2 Å². The van der Waals surface area contributed by atoms with E-state index in [0.29, 0.717) is 5.92 Å². The van der Waals surface area contributed by atoms with Crippen LogP contribution in [0.2, 0.25) is 0 Å². The molecule has 1 saturated carbocycles. The quantitative estimate of drug-likeness (QED) is 0.333. The van der Waals surface area contributed by atoms with E-state index in [9.17, 15) is 0 Å². The summed E-state index contributed by atoms with van der Waals surface area (Å²) >= 11 is 3.54. The van der Waals surface area contributed by atoms with Gasteiger partial charge in [0.1, 0.15) is 0 Å². The second-order valence-electron chi connectivity index (χ2n) is 7.37. The van der Waals surface area contributed by atoms with Crippen LogP contribution in [0.4, 0.5) is 0 Å². The van der Waals surface area contributed by atoms with Gasteiger partial charge in [-0.2, -0.15) is 0 Å². The van der Waals surface area contributed by atoms with Crippen molar-refractivity contribution in [2.75, 3.05) is 39.9 Å². The van der Waals surface area contributed by atoms with Gasteiger partial charge in [0.15, 0.2) is 5.96 Å². The fourth-order valence-corrected chi connectivity index (χ4v) is 4.26. The minimum absolute atomic E-state index is 0. The number of aliphatic imine (C=N–C) groups is 1. The van der Waals surface area contributed by atoms with Crippen LogP contribution in [0.3, 0.4) is 0 Å². The van der Waals surface area contributed by atoms with Gasteiger partial charge in [0.25, 0.3) is 0 Å². The molecular weight excluding hydrogens is 505 g/mol. The van der Waals surface area contributed by atoms with Crippen molar-refractivity contribution in [2.45, 2.75) is 38.0 Å². The van der Waals surface area contributed by atoms with Crippen molar-refractivity contribution in [3.63, 3.8) is 0 Å². The number of halogens is 2. The standard InChI is InChI=1S/C20H30BrN3O.HI/c1-3-22-19(24-12-9-16(13-24)14-25-2)23-15-20(10-4-11-20)17-5-7-18(21)8-6-17;/h5-8,16H,3-4,9-15H2,1-2H3,(H,22,23);1H. The van der Waals surface area contributed by atoms with Gasteiger partial charge in [0.05, 0.1) is 13.2 Å². The first-order chi connectivity index (χ1) is 12.2. The van der Waals surface area contributed by atoms with Crippen LogP contribution in [-0.2, 0) is 10.2 Å². The zero-order chi connectivity index (χ0) is 17.7. The molecule has 3 rings (SSSR count). The largest absolute Gasteiger partial charge is 0.384 e. The molecule has 26 heavy (non-hydrogen) atoms. The SMILES string of the molecule is CCNC(=NCC1(c2ccc(Br)cc2)CCC1)N1CCC(COC)C1.I. The van der Waals surface area contributed by atoms with Gasteiger partial charge in [-0.05, 0) is 43.9 Å². The Hall–Kier alpha value is -0.340. The van der Waals surface area contributed by atoms with Gasteiger partial charge >= 0.3 is 0 Å². The van der Waals surface area contributed by atoms with Crippen molar-refractivity contribution in [1.29, 1.82) is 0 Å². The molecule has 1 unspecified atom stereocenters. The molecule has 4 nitrogen and oxygen atoms in total. The Morgan fingerprint density at radius 1 is 1.35 bits per heavy atom. The van der Waals surface area contributed by atoms with E-state index < -0.39 is 0 Å². The van der Waals surface area contributed by atoms with Crippen LogP contribution in [0, 0.1) is 5.92 Å². The molecule has 1 aliphatic heterocycles. The summed E-state index contributed by atoms with van der Waals surface area (Å²) in [5.74, 6) is 1.70. The maximum Gasteiger partial charge on any atom is 0.193 e. The molecule has 2 aliphatic rings. The van der Waals surface area contributed by atoms with Gasteiger partial charge in [0, 0.05) is 42.5 Å². The molecule has 6 heteroatoms. The van der Waals surface area contributed by atoms with Crippen LogP contribution in [0.5, 0.6) is 0 Å². The Morgan fingerprint density at radius 3 is 2.65 bits per heavy atom. The molecule has 0 spiro atoms. The molecule has 0 aromatic heterocycles. The van der Waals surface area contributed by atoms with Crippen molar-refractivity contribution in [3.8, 4) is 0 Å². The highest BCUT2D eigenvalue weighted by molar-refractivity contribution is 14.0. The van der Waals surface area contributed by atoms with Crippen molar-refractivity contribution in [2.24, 2.45) is 10.9 Å². The smallest absolute Gasteiger partial charge is 0.193 e. The zero-order valence-corrected chi connectivity index (χ0v) is 19.8. The molecule has 1 aromatic carbocycles. The fourth-order valence-electron chi connectivity index (χ4n) is 3.99. The number of rotatable bonds is 6. The van der Waals surface area contributed by atoms with E-state index in [1.807, 2.05) is 0 Å². The van der Waals surface area contributed by atoms with Gasteiger partial charge in [-0.3, -0.25) is 4.99 Å². The third-order valence-corrected chi connectivity index (χ3v) is 6.15. The number of ether oxygens (including phenoxy) is 1. The van der Waals surface area contributed by atoms with Gasteiger partial charge in [-0.15, -0.1) is 24.0 Å². The molecular formula is C20H31BrIN3O. The highest BCUT2D eigenvalue weighted by atomic mass is 127. The topological polar surface area (TPSA) is 36.9 Å². The highest BCUT2D eigenvalue weighted by Crippen LogP contribution is 2.44. The van der Waals surface area contributed by atoms with Crippen LogP contribution in [0.25, 0.3) is 0 Å². The number of hydrogen-bond acceptors (Lipinski definition) is 2. The molecule has 146 valence electrons. The number of likely N-dealkylation sites (tertiary alicyclic amines) is 1. The molecule has 1 aliphatic carbocycles. The summed E-state index contributed by atoms with van der Waals surface area (Å²) in [4.78, 5) is 7.47. The Bertz CT molecular complexity index is 589. The van der Waals surface area contributed by atoms with E-state index in [-0.39, 0.29) is 29.4 Å². The molecule has 0 radical (unpaired) electrons. The average molecular weight is 536 g/mol. The number of methoxy groups -OCH3 is 1. The monoisotopic (exact) mass is 535 g/mol. The number of nitrogens with zero attached hydrogens (tertiary/aromatic N) is 2. The number of guanidine groups is 1. The van der Waals surface area contributed by atoms with Gasteiger partial charge in [-0.1, -0.05) is 34.5 Å². The van der Waals surface area contributed by atoms with Crippen LogP contribution in [0.15, 0.2) is 33.7 Å². The van der Waals surface area contributed by atoms with Crippen molar-refractivity contribution >= 4 is 45.9 Å². The molecule has 1 aromatic rings. The first-order valence-electron chi connectivity index (χ1n) is 9.45. The van der Waals surface area contributed by atoms with E-state index in [1.54, 1.807) is 7.11 Å². The Labute approximate surface area is 183 Å². The summed E-state index contributed by atoms with van der Waals surface area (Å²) in [6.07, 6.45) is 4.98. The number of hydrogen-bond donors (Lipinski definition) is 1. The lowest BCUT2D eigenvalue weighted by molar-refractivity contribution is 0.157. The first kappa shape index (κ1) is 22.0. The fraction of sp³-hybridized carbons (Fsp3) is 0.650. The lowest BCUT2D eigenvalue weighted by Crippen LogP contribution is -2.43. The minimum Gasteiger partial charge on any atom is -0.384 e. The van der Waals surface area contributed by atoms with Crippen molar-refractivity contribution in [1.82, 2.24) is 10.2 Å². The summed E-state index contributed by atoms with van der Waals surface area (Å²) in [6, 6.07) is 8.83. The Morgan fingerprint density at radius 2 is 2.08 bits per heavy atom. The maximum atomic E-state index is 5.33. The van der Waals surface area contributed by atoms with Crippen LogP contribution < -0.4 is 5.32 Å². The highest BCUT2D eigenvalue weighted by Gasteiger charge is 2.38. The normalized spacial score (nSPS) is 21.9. The minimum atomic E-state index is 0. The summed E-state index contributed by atoms with van der Waals surface area (Å²) in [7, 11) is 1.79. The van der Waals surface area contributed by atoms with Crippen molar-refractivity contribution in [3.05, 3.63) is 34.3 Å². The van der Waals surface area contributed by atoms with Crippen LogP contribution in [-0.4, -0.2) is 50.8 Å². The molecule has 1 heterocycles. The summed E-state index contributed by atoms with van der Waals surface area (Å²) in [6.45, 7) is 6.90. The zero-order valence-electron chi connectivity index (χ0n) is 15.8. The molecule has 0 amide bonds. The van der Waals surface area contributed by atoms with Gasteiger partial charge < -0.3 is 15.0 Å². The first-order valence-corrected chi connectivity index (χ1v) is 10.2. The van der Waals surface area contributed by atoms with Crippen molar-refractivity contribution < 1.29 is 4.74 Å². The summed E-state index contributed by atoms with van der Waals surface area (Å²) < 4.78 is 6.47. The van der Waals surface area contributed by atoms with E-state index in [0.717, 1.165) is 43.2 Å². The third kappa shape index (κ3) is 5.13. The summed E-state index contributed by atoms with van der Waals surface area (Å²) in [5, 5.41) is 3.50. The second kappa shape index (κ2) is 10.3. The van der Waals surface area contributed by atoms with Gasteiger partial charge in [0.2, 0.25) is 0 Å². The Kier molecular flexibility index (Phi) is 8.67. The van der Waals surface area contributed by atoms with Gasteiger partial charge in [-0.25, -0.2) is 0 Å². The maximum absolute atomic E-state index is 5.33. The van der Waals surface area contributed by atoms with E-state index in [1.165, 1.54) is 31.2 Å². The molecule has 1 atom stereocenters. The predicted octanol–water partition coefficient (Wildman–Crippen LogP) is 4.42. The molecule has 2 fully saturated rings. The molecule has 1 saturated heterocycles. The van der Waals surface area contributed by atoms with Crippen LogP contribution >= 0.6 is 39.9 Å². The molecule has 1 N–H and O–H groups in total. The second-order valence-corrected chi connectivity index (χ2v) is 8.28. The summed E-state index contributed by atoms with van der Waals surface area (Å²) in [5.41, 5.74) is 1.66. The predicted molar refractivity (Wildman–Crippen MR) is 123 cm³/mol. The lowest BCUT2D eigenvalue weighted by atomic mass is 9.64. The van der Waals surface area contributed by atoms with E-state index >= 15 is 0 Å². The number of nitrogens with one attached hydrogen (secondary N) is 1. The van der Waals surface area contributed by atoms with E-state index in [4.69, 9.17) is 9.73 Å².